The van der Waals surface area contributed by atoms with Crippen LogP contribution in [-0.2, 0) is 11.3 Å². The number of halogens is 1. The topological polar surface area (TPSA) is 43.3 Å². The number of amides is 1. The second-order valence-electron chi connectivity index (χ2n) is 3.79. The molecule has 0 saturated heterocycles. The molecule has 0 radical (unpaired) electrons. The number of aromatic nitrogens is 1. The number of methoxy groups -OCH3 is 1. The lowest BCUT2D eigenvalue weighted by Gasteiger charge is -2.07. The maximum absolute atomic E-state index is 11.9. The first-order valence-corrected chi connectivity index (χ1v) is 6.61. The van der Waals surface area contributed by atoms with Crippen LogP contribution in [0.25, 0.3) is 0 Å². The number of carbonyl (C=O) groups excluding carboxylic acids is 1. The Labute approximate surface area is 110 Å². The van der Waals surface area contributed by atoms with Gasteiger partial charge in [-0.3, -0.25) is 4.79 Å². The molecular weight excluding hydrogens is 284 g/mol. The number of hydrogen-bond donors (Lipinski definition) is 1. The van der Waals surface area contributed by atoms with Crippen molar-refractivity contribution in [2.45, 2.75) is 26.3 Å². The molecule has 0 unspecified atom stereocenters. The zero-order valence-corrected chi connectivity index (χ0v) is 11.9. The molecule has 0 aliphatic carbocycles. The Balaban J connectivity index is 2.41. The maximum Gasteiger partial charge on any atom is 0.267 e. The number of carbonyl (C=O) groups is 1. The molecule has 5 heteroatoms. The Bertz CT molecular complexity index is 363. The van der Waals surface area contributed by atoms with Crippen molar-refractivity contribution in [3.8, 4) is 0 Å². The van der Waals surface area contributed by atoms with Crippen molar-refractivity contribution in [3.63, 3.8) is 0 Å². The summed E-state index contributed by atoms with van der Waals surface area (Å²) in [7, 11) is 1.68. The zero-order chi connectivity index (χ0) is 12.7. The second kappa shape index (κ2) is 7.50. The molecular formula is C12H19BrN2O2. The molecule has 1 aromatic rings. The molecule has 0 aliphatic heterocycles. The standard InChI is InChI=1S/C12H19BrN2O2/c1-3-15-9-10(13)8-11(15)12(16)14-6-4-5-7-17-2/h8-9H,3-7H2,1-2H3,(H,14,16). The quantitative estimate of drug-likeness (QED) is 0.786. The molecule has 0 spiro atoms. The first-order chi connectivity index (χ1) is 8.19. The van der Waals surface area contributed by atoms with E-state index in [-0.39, 0.29) is 5.91 Å². The third-order valence-electron chi connectivity index (χ3n) is 2.50. The number of ether oxygens (including phenoxy) is 1. The predicted molar refractivity (Wildman–Crippen MR) is 71.2 cm³/mol. The molecule has 1 heterocycles. The Morgan fingerprint density at radius 2 is 2.29 bits per heavy atom. The summed E-state index contributed by atoms with van der Waals surface area (Å²) in [6.07, 6.45) is 3.82. The molecule has 17 heavy (non-hydrogen) atoms. The van der Waals surface area contributed by atoms with E-state index in [9.17, 15) is 4.79 Å². The molecule has 96 valence electrons. The molecule has 0 saturated carbocycles. The number of nitrogens with one attached hydrogen (secondary N) is 1. The van der Waals surface area contributed by atoms with Crippen molar-refractivity contribution in [1.29, 1.82) is 0 Å². The Morgan fingerprint density at radius 1 is 1.53 bits per heavy atom. The molecule has 0 aromatic carbocycles. The van der Waals surface area contributed by atoms with Gasteiger partial charge in [-0.15, -0.1) is 0 Å². The molecule has 0 aliphatic rings. The van der Waals surface area contributed by atoms with E-state index in [4.69, 9.17) is 4.74 Å². The van der Waals surface area contributed by atoms with Crippen LogP contribution in [0.1, 0.15) is 30.3 Å². The van der Waals surface area contributed by atoms with Gasteiger partial charge < -0.3 is 14.6 Å². The van der Waals surface area contributed by atoms with Crippen LogP contribution >= 0.6 is 15.9 Å². The maximum atomic E-state index is 11.9. The molecule has 1 aromatic heterocycles. The lowest BCUT2D eigenvalue weighted by molar-refractivity contribution is 0.0942. The van der Waals surface area contributed by atoms with Crippen molar-refractivity contribution in [2.24, 2.45) is 0 Å². The molecule has 0 fully saturated rings. The van der Waals surface area contributed by atoms with E-state index in [2.05, 4.69) is 21.2 Å². The molecule has 0 bridgehead atoms. The monoisotopic (exact) mass is 302 g/mol. The lowest BCUT2D eigenvalue weighted by Crippen LogP contribution is -2.26. The molecule has 1 amide bonds. The summed E-state index contributed by atoms with van der Waals surface area (Å²) >= 11 is 3.38. The van der Waals surface area contributed by atoms with Crippen molar-refractivity contribution in [2.75, 3.05) is 20.3 Å². The van der Waals surface area contributed by atoms with Gasteiger partial charge >= 0.3 is 0 Å². The van der Waals surface area contributed by atoms with Gasteiger partial charge in [-0.25, -0.2) is 0 Å². The van der Waals surface area contributed by atoms with Gasteiger partial charge in [0, 0.05) is 37.5 Å². The van der Waals surface area contributed by atoms with Crippen LogP contribution in [0, 0.1) is 0 Å². The number of hydrogen-bond acceptors (Lipinski definition) is 2. The summed E-state index contributed by atoms with van der Waals surface area (Å²) in [4.78, 5) is 11.9. The van der Waals surface area contributed by atoms with Gasteiger partial charge in [0.15, 0.2) is 0 Å². The van der Waals surface area contributed by atoms with Crippen molar-refractivity contribution in [3.05, 3.63) is 22.4 Å². The van der Waals surface area contributed by atoms with E-state index >= 15 is 0 Å². The van der Waals surface area contributed by atoms with Crippen LogP contribution in [-0.4, -0.2) is 30.7 Å². The molecule has 1 rings (SSSR count). The summed E-state index contributed by atoms with van der Waals surface area (Å²) in [5.74, 6) is -0.0185. The highest BCUT2D eigenvalue weighted by Gasteiger charge is 2.11. The SMILES string of the molecule is CCn1cc(Br)cc1C(=O)NCCCCOC. The van der Waals surface area contributed by atoms with Gasteiger partial charge in [0.1, 0.15) is 5.69 Å². The van der Waals surface area contributed by atoms with E-state index in [1.807, 2.05) is 23.8 Å². The minimum Gasteiger partial charge on any atom is -0.385 e. The van der Waals surface area contributed by atoms with Crippen LogP contribution in [0.3, 0.4) is 0 Å². The van der Waals surface area contributed by atoms with Crippen LogP contribution in [0.15, 0.2) is 16.7 Å². The van der Waals surface area contributed by atoms with E-state index in [0.29, 0.717) is 12.2 Å². The fourth-order valence-electron chi connectivity index (χ4n) is 1.59. The second-order valence-corrected chi connectivity index (χ2v) is 4.70. The summed E-state index contributed by atoms with van der Waals surface area (Å²) in [5, 5.41) is 2.91. The van der Waals surface area contributed by atoms with Crippen molar-refractivity contribution < 1.29 is 9.53 Å². The average Bonchev–Trinajstić information content (AvgIpc) is 2.70. The van der Waals surface area contributed by atoms with Gasteiger partial charge in [0.05, 0.1) is 0 Å². The van der Waals surface area contributed by atoms with Crippen LogP contribution in [0.4, 0.5) is 0 Å². The Kier molecular flexibility index (Phi) is 6.29. The van der Waals surface area contributed by atoms with Gasteiger partial charge in [0.2, 0.25) is 0 Å². The van der Waals surface area contributed by atoms with Gasteiger partial charge in [-0.2, -0.15) is 0 Å². The average molecular weight is 303 g/mol. The summed E-state index contributed by atoms with van der Waals surface area (Å²) < 4.78 is 7.81. The highest BCUT2D eigenvalue weighted by atomic mass is 79.9. The van der Waals surface area contributed by atoms with E-state index in [1.165, 1.54) is 0 Å². The van der Waals surface area contributed by atoms with Crippen LogP contribution in [0.2, 0.25) is 0 Å². The fourth-order valence-corrected chi connectivity index (χ4v) is 2.05. The number of rotatable bonds is 7. The normalized spacial score (nSPS) is 10.5. The summed E-state index contributed by atoms with van der Waals surface area (Å²) in [6.45, 7) is 4.24. The van der Waals surface area contributed by atoms with Crippen LogP contribution < -0.4 is 5.32 Å². The largest absolute Gasteiger partial charge is 0.385 e. The third kappa shape index (κ3) is 4.52. The third-order valence-corrected chi connectivity index (χ3v) is 2.93. The minimum atomic E-state index is -0.0185. The molecule has 4 nitrogen and oxygen atoms in total. The Morgan fingerprint density at radius 3 is 2.94 bits per heavy atom. The van der Waals surface area contributed by atoms with Gasteiger partial charge in [0.25, 0.3) is 5.91 Å². The first kappa shape index (κ1) is 14.3. The zero-order valence-electron chi connectivity index (χ0n) is 10.3. The van der Waals surface area contributed by atoms with E-state index in [0.717, 1.165) is 30.5 Å². The number of aryl methyl sites for hydroxylation is 1. The van der Waals surface area contributed by atoms with Crippen LogP contribution in [0.5, 0.6) is 0 Å². The first-order valence-electron chi connectivity index (χ1n) is 5.81. The Hall–Kier alpha value is -0.810. The summed E-state index contributed by atoms with van der Waals surface area (Å²) in [6, 6.07) is 1.84. The predicted octanol–water partition coefficient (Wildman–Crippen LogP) is 2.43. The smallest absolute Gasteiger partial charge is 0.267 e. The fraction of sp³-hybridized carbons (Fsp3) is 0.583. The summed E-state index contributed by atoms with van der Waals surface area (Å²) in [5.41, 5.74) is 0.700. The highest BCUT2D eigenvalue weighted by molar-refractivity contribution is 9.10. The van der Waals surface area contributed by atoms with E-state index in [1.54, 1.807) is 7.11 Å². The lowest BCUT2D eigenvalue weighted by atomic mass is 10.3. The molecule has 0 atom stereocenters. The van der Waals surface area contributed by atoms with Crippen molar-refractivity contribution in [1.82, 2.24) is 9.88 Å². The van der Waals surface area contributed by atoms with Crippen molar-refractivity contribution >= 4 is 21.8 Å². The highest BCUT2D eigenvalue weighted by Crippen LogP contribution is 2.14. The number of unbranched alkanes of at least 4 members (excludes halogenated alkanes) is 1. The number of nitrogens with zero attached hydrogens (tertiary/aromatic N) is 1. The van der Waals surface area contributed by atoms with Gasteiger partial charge in [-0.05, 0) is 41.8 Å². The van der Waals surface area contributed by atoms with Gasteiger partial charge in [-0.1, -0.05) is 0 Å². The van der Waals surface area contributed by atoms with E-state index < -0.39 is 0 Å². The molecule has 1 N–H and O–H groups in total. The minimum absolute atomic E-state index is 0.0185.